The Bertz CT molecular complexity index is 347. The van der Waals surface area contributed by atoms with Gasteiger partial charge < -0.3 is 4.85 Å². The van der Waals surface area contributed by atoms with Crippen LogP contribution >= 0.6 is 0 Å². The zero-order chi connectivity index (χ0) is 8.60. The van der Waals surface area contributed by atoms with Crippen LogP contribution in [0, 0.1) is 12.4 Å². The third-order valence-electron chi connectivity index (χ3n) is 2.30. The topological polar surface area (TPSA) is 4.36 Å². The van der Waals surface area contributed by atoms with Crippen LogP contribution in [0.15, 0.2) is 24.3 Å². The van der Waals surface area contributed by atoms with Crippen molar-refractivity contribution in [3.05, 3.63) is 47.1 Å². The van der Waals surface area contributed by atoms with E-state index in [4.69, 9.17) is 6.57 Å². The Morgan fingerprint density at radius 1 is 1.42 bits per heavy atom. The molecular formula is C10H8FN. The Hall–Kier alpha value is -1.36. The summed E-state index contributed by atoms with van der Waals surface area (Å²) < 4.78 is 12.8. The third-order valence-corrected chi connectivity index (χ3v) is 2.30. The molecule has 1 aliphatic rings. The van der Waals surface area contributed by atoms with Crippen molar-refractivity contribution >= 4 is 0 Å². The molecule has 2 heteroatoms. The molecule has 0 bridgehead atoms. The number of hydrogen-bond donors (Lipinski definition) is 0. The Labute approximate surface area is 70.7 Å². The third kappa shape index (κ3) is 0.984. The molecule has 1 nitrogen and oxygen atoms in total. The van der Waals surface area contributed by atoms with Gasteiger partial charge in [-0.1, -0.05) is 12.1 Å². The summed E-state index contributed by atoms with van der Waals surface area (Å²) in [4.78, 5) is 3.53. The lowest BCUT2D eigenvalue weighted by Gasteiger charge is -2.01. The maximum atomic E-state index is 12.8. The summed E-state index contributed by atoms with van der Waals surface area (Å²) in [6.45, 7) is 6.98. The summed E-state index contributed by atoms with van der Waals surface area (Å²) in [6, 6.07) is 6.36. The highest BCUT2D eigenvalue weighted by Gasteiger charge is 2.52. The summed E-state index contributed by atoms with van der Waals surface area (Å²) >= 11 is 0. The number of hydrogen-bond acceptors (Lipinski definition) is 0. The van der Waals surface area contributed by atoms with E-state index >= 15 is 0 Å². The molecule has 0 aromatic heterocycles. The van der Waals surface area contributed by atoms with Crippen LogP contribution in [0.25, 0.3) is 4.85 Å². The molecule has 60 valence electrons. The molecule has 1 aromatic carbocycles. The molecule has 1 saturated carbocycles. The largest absolute Gasteiger partial charge is 0.305 e. The van der Waals surface area contributed by atoms with Crippen LogP contribution in [0.3, 0.4) is 0 Å². The molecule has 12 heavy (non-hydrogen) atoms. The second-order valence-electron chi connectivity index (χ2n) is 3.15. The summed E-state index contributed by atoms with van der Waals surface area (Å²) in [6.07, 6.45) is 1.75. The second kappa shape index (κ2) is 2.31. The highest BCUT2D eigenvalue weighted by atomic mass is 19.1. The molecule has 0 amide bonds. The van der Waals surface area contributed by atoms with E-state index in [0.717, 1.165) is 18.4 Å². The number of rotatable bonds is 1. The fourth-order valence-electron chi connectivity index (χ4n) is 1.36. The van der Waals surface area contributed by atoms with E-state index in [9.17, 15) is 4.39 Å². The van der Waals surface area contributed by atoms with Crippen molar-refractivity contribution in [3.63, 3.8) is 0 Å². The molecule has 2 rings (SSSR count). The van der Waals surface area contributed by atoms with Gasteiger partial charge in [-0.15, -0.1) is 0 Å². The zero-order valence-electron chi connectivity index (χ0n) is 6.55. The van der Waals surface area contributed by atoms with Crippen LogP contribution < -0.4 is 0 Å². The lowest BCUT2D eigenvalue weighted by atomic mass is 10.1. The Morgan fingerprint density at radius 2 is 2.17 bits per heavy atom. The molecule has 0 spiro atoms. The van der Waals surface area contributed by atoms with Gasteiger partial charge in [0, 0.05) is 18.4 Å². The summed E-state index contributed by atoms with van der Waals surface area (Å²) in [5.41, 5.74) is 0.458. The average molecular weight is 161 g/mol. The Kier molecular flexibility index (Phi) is 1.41. The molecule has 0 saturated heterocycles. The standard InChI is InChI=1S/C10H8FN/c1-12-10(5-6-10)8-3-2-4-9(11)7-8/h2-4,7H,5-6H2. The van der Waals surface area contributed by atoms with Crippen LogP contribution in [-0.2, 0) is 5.54 Å². The van der Waals surface area contributed by atoms with E-state index in [0.29, 0.717) is 0 Å². The lowest BCUT2D eigenvalue weighted by Crippen LogP contribution is -1.99. The Morgan fingerprint density at radius 3 is 2.67 bits per heavy atom. The zero-order valence-corrected chi connectivity index (χ0v) is 6.55. The van der Waals surface area contributed by atoms with Gasteiger partial charge in [0.15, 0.2) is 0 Å². The minimum absolute atomic E-state index is 0.248. The molecule has 0 heterocycles. The van der Waals surface area contributed by atoms with Gasteiger partial charge in [0.25, 0.3) is 5.54 Å². The van der Waals surface area contributed by atoms with E-state index < -0.39 is 0 Å². The van der Waals surface area contributed by atoms with E-state index in [1.165, 1.54) is 12.1 Å². The van der Waals surface area contributed by atoms with Gasteiger partial charge >= 0.3 is 0 Å². The van der Waals surface area contributed by atoms with Gasteiger partial charge in [-0.3, -0.25) is 0 Å². The first-order valence-electron chi connectivity index (χ1n) is 3.91. The first-order valence-corrected chi connectivity index (χ1v) is 3.91. The summed E-state index contributed by atoms with van der Waals surface area (Å²) in [5.74, 6) is -0.248. The highest BCUT2D eigenvalue weighted by Crippen LogP contribution is 2.49. The van der Waals surface area contributed by atoms with Crippen molar-refractivity contribution in [1.82, 2.24) is 0 Å². The van der Waals surface area contributed by atoms with E-state index in [-0.39, 0.29) is 11.4 Å². The van der Waals surface area contributed by atoms with Gasteiger partial charge in [0.1, 0.15) is 5.82 Å². The summed E-state index contributed by atoms with van der Waals surface area (Å²) in [7, 11) is 0. The SMILES string of the molecule is [C-]#[N+]C1(c2cccc(F)c2)CC1. The van der Waals surface area contributed by atoms with Crippen molar-refractivity contribution in [2.24, 2.45) is 0 Å². The highest BCUT2D eigenvalue weighted by molar-refractivity contribution is 5.34. The number of nitrogens with zero attached hydrogens (tertiary/aromatic N) is 1. The average Bonchev–Trinajstić information content (AvgIpc) is 2.84. The van der Waals surface area contributed by atoms with Crippen molar-refractivity contribution in [1.29, 1.82) is 0 Å². The van der Waals surface area contributed by atoms with E-state index in [2.05, 4.69) is 4.85 Å². The minimum Gasteiger partial charge on any atom is -0.305 e. The normalized spacial score (nSPS) is 18.3. The van der Waals surface area contributed by atoms with Crippen molar-refractivity contribution in [2.75, 3.05) is 0 Å². The molecule has 1 aromatic rings. The molecule has 0 unspecified atom stereocenters. The van der Waals surface area contributed by atoms with Crippen LogP contribution in [-0.4, -0.2) is 0 Å². The molecule has 1 aliphatic carbocycles. The van der Waals surface area contributed by atoms with E-state index in [1.807, 2.05) is 6.07 Å². The molecule has 0 atom stereocenters. The molecule has 0 radical (unpaired) electrons. The van der Waals surface area contributed by atoms with Crippen LogP contribution in [0.2, 0.25) is 0 Å². The first kappa shape index (κ1) is 7.30. The maximum Gasteiger partial charge on any atom is 0.258 e. The van der Waals surface area contributed by atoms with Crippen molar-refractivity contribution < 1.29 is 4.39 Å². The fourth-order valence-corrected chi connectivity index (χ4v) is 1.36. The molecular weight excluding hydrogens is 153 g/mol. The van der Waals surface area contributed by atoms with Crippen LogP contribution in [0.4, 0.5) is 4.39 Å². The minimum atomic E-state index is -0.373. The smallest absolute Gasteiger partial charge is 0.258 e. The van der Waals surface area contributed by atoms with E-state index in [1.54, 1.807) is 6.07 Å². The van der Waals surface area contributed by atoms with Crippen LogP contribution in [0.1, 0.15) is 18.4 Å². The monoisotopic (exact) mass is 161 g/mol. The van der Waals surface area contributed by atoms with Crippen LogP contribution in [0.5, 0.6) is 0 Å². The predicted molar refractivity (Wildman–Crippen MR) is 43.9 cm³/mol. The summed E-state index contributed by atoms with van der Waals surface area (Å²) in [5, 5.41) is 0. The van der Waals surface area contributed by atoms with Gasteiger partial charge in [0.05, 0.1) is 0 Å². The number of benzene rings is 1. The van der Waals surface area contributed by atoms with Gasteiger partial charge in [-0.25, -0.2) is 11.0 Å². The van der Waals surface area contributed by atoms with Crippen molar-refractivity contribution in [2.45, 2.75) is 18.4 Å². The number of halogens is 1. The molecule has 1 fully saturated rings. The second-order valence-corrected chi connectivity index (χ2v) is 3.15. The lowest BCUT2D eigenvalue weighted by molar-refractivity contribution is 0.623. The van der Waals surface area contributed by atoms with Crippen molar-refractivity contribution in [3.8, 4) is 0 Å². The first-order chi connectivity index (χ1) is 5.77. The van der Waals surface area contributed by atoms with Gasteiger partial charge in [0.2, 0.25) is 0 Å². The predicted octanol–water partition coefficient (Wildman–Crippen LogP) is 2.73. The van der Waals surface area contributed by atoms with Gasteiger partial charge in [-0.2, -0.15) is 0 Å². The molecule has 0 N–H and O–H groups in total. The molecule has 0 aliphatic heterocycles. The quantitative estimate of drug-likeness (QED) is 0.558. The fraction of sp³-hybridized carbons (Fsp3) is 0.300. The maximum absolute atomic E-state index is 12.8. The van der Waals surface area contributed by atoms with Gasteiger partial charge in [-0.05, 0) is 12.1 Å². The Balaban J connectivity index is 2.42.